The molecular formula is C21H24O4S. The summed E-state index contributed by atoms with van der Waals surface area (Å²) in [5, 5.41) is 0. The SMILES string of the molecule is CS(=O)(=O)OC12CCCC1(C(c1ccccc1)c1ccccc1)CCO2. The van der Waals surface area contributed by atoms with Gasteiger partial charge in [0.2, 0.25) is 0 Å². The van der Waals surface area contributed by atoms with Gasteiger partial charge in [0.25, 0.3) is 10.1 Å². The first-order valence-corrected chi connectivity index (χ1v) is 10.9. The van der Waals surface area contributed by atoms with E-state index in [1.165, 1.54) is 11.1 Å². The van der Waals surface area contributed by atoms with Crippen molar-refractivity contribution in [1.82, 2.24) is 0 Å². The molecule has 4 rings (SSSR count). The van der Waals surface area contributed by atoms with E-state index in [0.29, 0.717) is 13.0 Å². The van der Waals surface area contributed by atoms with Crippen LogP contribution < -0.4 is 0 Å². The predicted molar refractivity (Wildman–Crippen MR) is 100 cm³/mol. The van der Waals surface area contributed by atoms with Crippen molar-refractivity contribution in [2.24, 2.45) is 5.41 Å². The third kappa shape index (κ3) is 2.88. The maximum absolute atomic E-state index is 12.1. The molecule has 2 aromatic carbocycles. The van der Waals surface area contributed by atoms with Crippen molar-refractivity contribution in [3.63, 3.8) is 0 Å². The van der Waals surface area contributed by atoms with E-state index >= 15 is 0 Å². The summed E-state index contributed by atoms with van der Waals surface area (Å²) in [4.78, 5) is 0. The highest BCUT2D eigenvalue weighted by molar-refractivity contribution is 7.86. The number of rotatable bonds is 5. The molecule has 0 spiro atoms. The molecule has 1 heterocycles. The van der Waals surface area contributed by atoms with Gasteiger partial charge in [0, 0.05) is 17.8 Å². The van der Waals surface area contributed by atoms with Crippen LogP contribution in [0.1, 0.15) is 42.7 Å². The van der Waals surface area contributed by atoms with Crippen LogP contribution in [-0.4, -0.2) is 27.1 Å². The van der Waals surface area contributed by atoms with Crippen molar-refractivity contribution in [1.29, 1.82) is 0 Å². The van der Waals surface area contributed by atoms with Crippen LogP contribution in [0.25, 0.3) is 0 Å². The zero-order valence-corrected chi connectivity index (χ0v) is 15.7. The molecular weight excluding hydrogens is 348 g/mol. The average molecular weight is 372 g/mol. The summed E-state index contributed by atoms with van der Waals surface area (Å²) < 4.78 is 35.9. The van der Waals surface area contributed by atoms with E-state index in [0.717, 1.165) is 25.5 Å². The summed E-state index contributed by atoms with van der Waals surface area (Å²) in [5.74, 6) is -1.05. The molecule has 2 aromatic rings. The molecule has 0 radical (unpaired) electrons. The number of ether oxygens (including phenoxy) is 1. The maximum Gasteiger partial charge on any atom is 0.267 e. The smallest absolute Gasteiger partial charge is 0.267 e. The Morgan fingerprint density at radius 1 is 0.923 bits per heavy atom. The lowest BCUT2D eigenvalue weighted by molar-refractivity contribution is -0.191. The highest BCUT2D eigenvalue weighted by Crippen LogP contribution is 2.64. The quantitative estimate of drug-likeness (QED) is 0.742. The van der Waals surface area contributed by atoms with E-state index in [1.807, 2.05) is 36.4 Å². The fourth-order valence-corrected chi connectivity index (χ4v) is 5.82. The van der Waals surface area contributed by atoms with Crippen molar-refractivity contribution in [2.45, 2.75) is 37.4 Å². The summed E-state index contributed by atoms with van der Waals surface area (Å²) in [6.45, 7) is 0.520. The minimum atomic E-state index is -3.63. The molecule has 4 nitrogen and oxygen atoms in total. The molecule has 2 fully saturated rings. The van der Waals surface area contributed by atoms with Crippen LogP contribution in [0.5, 0.6) is 0 Å². The third-order valence-electron chi connectivity index (χ3n) is 5.88. The summed E-state index contributed by atoms with van der Waals surface area (Å²) in [6.07, 6.45) is 4.29. The molecule has 0 aromatic heterocycles. The molecule has 138 valence electrons. The van der Waals surface area contributed by atoms with E-state index < -0.39 is 21.3 Å². The Hall–Kier alpha value is -1.69. The van der Waals surface area contributed by atoms with Gasteiger partial charge in [0.05, 0.1) is 12.9 Å². The lowest BCUT2D eigenvalue weighted by atomic mass is 9.64. The number of hydrogen-bond donors (Lipinski definition) is 0. The molecule has 1 saturated heterocycles. The van der Waals surface area contributed by atoms with Crippen LogP contribution in [0, 0.1) is 5.41 Å². The Balaban J connectivity index is 1.89. The van der Waals surface area contributed by atoms with E-state index in [2.05, 4.69) is 24.3 Å². The van der Waals surface area contributed by atoms with Crippen molar-refractivity contribution >= 4 is 10.1 Å². The van der Waals surface area contributed by atoms with Gasteiger partial charge < -0.3 is 4.74 Å². The van der Waals surface area contributed by atoms with E-state index in [-0.39, 0.29) is 5.92 Å². The van der Waals surface area contributed by atoms with Gasteiger partial charge >= 0.3 is 0 Å². The van der Waals surface area contributed by atoms with E-state index in [4.69, 9.17) is 8.92 Å². The molecule has 1 saturated carbocycles. The summed E-state index contributed by atoms with van der Waals surface area (Å²) >= 11 is 0. The molecule has 0 amide bonds. The lowest BCUT2D eigenvalue weighted by Gasteiger charge is -2.44. The van der Waals surface area contributed by atoms with Crippen molar-refractivity contribution < 1.29 is 17.3 Å². The normalized spacial score (nSPS) is 28.4. The van der Waals surface area contributed by atoms with Gasteiger partial charge in [0.1, 0.15) is 0 Å². The van der Waals surface area contributed by atoms with E-state index in [9.17, 15) is 8.42 Å². The number of benzene rings is 2. The van der Waals surface area contributed by atoms with Crippen LogP contribution in [0.2, 0.25) is 0 Å². The Morgan fingerprint density at radius 2 is 1.50 bits per heavy atom. The minimum absolute atomic E-state index is 0.0247. The highest BCUT2D eigenvalue weighted by Gasteiger charge is 2.65. The van der Waals surface area contributed by atoms with Gasteiger partial charge in [-0.05, 0) is 30.4 Å². The number of fused-ring (bicyclic) bond motifs is 1. The largest absolute Gasteiger partial charge is 0.348 e. The van der Waals surface area contributed by atoms with Gasteiger partial charge in [-0.3, -0.25) is 0 Å². The monoisotopic (exact) mass is 372 g/mol. The van der Waals surface area contributed by atoms with Gasteiger partial charge in [-0.15, -0.1) is 0 Å². The fraction of sp³-hybridized carbons (Fsp3) is 0.429. The van der Waals surface area contributed by atoms with Crippen LogP contribution in [0.15, 0.2) is 60.7 Å². The molecule has 5 heteroatoms. The minimum Gasteiger partial charge on any atom is -0.348 e. The summed E-state index contributed by atoms with van der Waals surface area (Å²) in [7, 11) is -3.63. The molecule has 26 heavy (non-hydrogen) atoms. The topological polar surface area (TPSA) is 52.6 Å². The fourth-order valence-electron chi connectivity index (χ4n) is 5.03. The second kappa shape index (κ2) is 6.48. The van der Waals surface area contributed by atoms with E-state index in [1.54, 1.807) is 0 Å². The first-order valence-electron chi connectivity index (χ1n) is 9.10. The van der Waals surface area contributed by atoms with Gasteiger partial charge in [0.15, 0.2) is 5.79 Å². The van der Waals surface area contributed by atoms with Crippen molar-refractivity contribution in [2.75, 3.05) is 12.9 Å². The van der Waals surface area contributed by atoms with Gasteiger partial charge in [-0.25, -0.2) is 4.18 Å². The van der Waals surface area contributed by atoms with Crippen molar-refractivity contribution in [3.05, 3.63) is 71.8 Å². The van der Waals surface area contributed by atoms with Crippen molar-refractivity contribution in [3.8, 4) is 0 Å². The maximum atomic E-state index is 12.1. The van der Waals surface area contributed by atoms with Crippen LogP contribution in [0.4, 0.5) is 0 Å². The predicted octanol–water partition coefficient (Wildman–Crippen LogP) is 4.08. The molecule has 1 aliphatic carbocycles. The average Bonchev–Trinajstić information content (AvgIpc) is 3.10. The Bertz CT molecular complexity index is 812. The third-order valence-corrected chi connectivity index (χ3v) is 6.45. The molecule has 2 atom stereocenters. The Labute approximate surface area is 155 Å². The number of hydrogen-bond acceptors (Lipinski definition) is 4. The first-order chi connectivity index (χ1) is 12.5. The molecule has 1 aliphatic heterocycles. The van der Waals surface area contributed by atoms with Crippen LogP contribution in [-0.2, 0) is 19.0 Å². The summed E-state index contributed by atoms with van der Waals surface area (Å²) in [5.41, 5.74) is 1.96. The molecule has 2 unspecified atom stereocenters. The van der Waals surface area contributed by atoms with Crippen LogP contribution >= 0.6 is 0 Å². The zero-order chi connectivity index (χ0) is 18.3. The van der Waals surface area contributed by atoms with Gasteiger partial charge in [-0.1, -0.05) is 60.7 Å². The zero-order valence-electron chi connectivity index (χ0n) is 14.9. The molecule has 2 aliphatic rings. The second-order valence-electron chi connectivity index (χ2n) is 7.40. The Morgan fingerprint density at radius 3 is 2.04 bits per heavy atom. The molecule has 0 N–H and O–H groups in total. The Kier molecular flexibility index (Phi) is 4.41. The van der Waals surface area contributed by atoms with Crippen LogP contribution in [0.3, 0.4) is 0 Å². The molecule has 0 bridgehead atoms. The first kappa shape index (κ1) is 17.7. The van der Waals surface area contributed by atoms with Gasteiger partial charge in [-0.2, -0.15) is 8.42 Å². The second-order valence-corrected chi connectivity index (χ2v) is 8.98. The standard InChI is InChI=1S/C21H24O4S/c1-26(22,23)25-21-14-8-13-20(21,15-16-24-21)19(17-9-4-2-5-10-17)18-11-6-3-7-12-18/h2-7,9-12,19H,8,13-16H2,1H3. The highest BCUT2D eigenvalue weighted by atomic mass is 32.2. The lowest BCUT2D eigenvalue weighted by Crippen LogP contribution is -2.48. The summed E-state index contributed by atoms with van der Waals surface area (Å²) in [6, 6.07) is 20.6.